The van der Waals surface area contributed by atoms with E-state index in [1.165, 1.54) is 22.3 Å². The minimum atomic E-state index is -0.0208. The zero-order chi connectivity index (χ0) is 13.6. The van der Waals surface area contributed by atoms with Crippen molar-refractivity contribution in [2.75, 3.05) is 0 Å². The minimum absolute atomic E-state index is 0.0208. The van der Waals surface area contributed by atoms with Gasteiger partial charge in [0.2, 0.25) is 0 Å². The van der Waals surface area contributed by atoms with Crippen LogP contribution in [-0.4, -0.2) is 0 Å². The summed E-state index contributed by atoms with van der Waals surface area (Å²) < 4.78 is 0. The standard InChI is InChI=1S/C17H28/c1-9-13(5)17(14(6)10-2,15(7)11-3)16(8)12-4/h9-12H,1-8H3/b13-9+,14-10+,15-11?,16-12?. The van der Waals surface area contributed by atoms with Crippen LogP contribution in [0.4, 0.5) is 0 Å². The third-order valence-corrected chi connectivity index (χ3v) is 4.10. The average Bonchev–Trinajstić information content (AvgIpc) is 2.37. The highest BCUT2D eigenvalue weighted by molar-refractivity contribution is 5.48. The van der Waals surface area contributed by atoms with Gasteiger partial charge >= 0.3 is 0 Å². The van der Waals surface area contributed by atoms with Crippen LogP contribution in [0.25, 0.3) is 0 Å². The maximum absolute atomic E-state index is 2.23. The summed E-state index contributed by atoms with van der Waals surface area (Å²) in [6.07, 6.45) is 8.92. The summed E-state index contributed by atoms with van der Waals surface area (Å²) in [6, 6.07) is 0. The molecule has 0 aromatic carbocycles. The largest absolute Gasteiger partial charge is 0.0872 e. The Balaban J connectivity index is 6.31. The lowest BCUT2D eigenvalue weighted by Gasteiger charge is -2.39. The number of rotatable bonds is 4. The Hall–Kier alpha value is -1.04. The first kappa shape index (κ1) is 16.0. The zero-order valence-corrected chi connectivity index (χ0v) is 12.8. The normalized spacial score (nSPS) is 16.5. The van der Waals surface area contributed by atoms with Gasteiger partial charge in [0.05, 0.1) is 5.41 Å². The molecule has 0 saturated heterocycles. The molecule has 0 amide bonds. The molecule has 0 bridgehead atoms. The van der Waals surface area contributed by atoms with Gasteiger partial charge in [0, 0.05) is 0 Å². The Bertz CT molecular complexity index is 295. The van der Waals surface area contributed by atoms with Gasteiger partial charge in [-0.25, -0.2) is 0 Å². The van der Waals surface area contributed by atoms with Gasteiger partial charge in [-0.15, -0.1) is 0 Å². The van der Waals surface area contributed by atoms with Crippen molar-refractivity contribution < 1.29 is 0 Å². The Morgan fingerprint density at radius 1 is 0.529 bits per heavy atom. The lowest BCUT2D eigenvalue weighted by atomic mass is 9.64. The third-order valence-electron chi connectivity index (χ3n) is 4.10. The topological polar surface area (TPSA) is 0 Å². The molecule has 0 unspecified atom stereocenters. The summed E-state index contributed by atoms with van der Waals surface area (Å²) in [5.41, 5.74) is 5.59. The number of allylic oxidation sites excluding steroid dienone is 8. The molecule has 0 spiro atoms. The zero-order valence-electron chi connectivity index (χ0n) is 12.8. The van der Waals surface area contributed by atoms with Crippen molar-refractivity contribution in [1.29, 1.82) is 0 Å². The van der Waals surface area contributed by atoms with Gasteiger partial charge in [-0.3, -0.25) is 0 Å². The maximum atomic E-state index is 2.23. The highest BCUT2D eigenvalue weighted by Crippen LogP contribution is 2.48. The summed E-state index contributed by atoms with van der Waals surface area (Å²) in [7, 11) is 0. The van der Waals surface area contributed by atoms with Gasteiger partial charge in [0.25, 0.3) is 0 Å². The lowest BCUT2D eigenvalue weighted by Crippen LogP contribution is -2.27. The van der Waals surface area contributed by atoms with Gasteiger partial charge < -0.3 is 0 Å². The summed E-state index contributed by atoms with van der Waals surface area (Å²) in [6.45, 7) is 17.4. The van der Waals surface area contributed by atoms with E-state index in [0.29, 0.717) is 0 Å². The van der Waals surface area contributed by atoms with E-state index in [0.717, 1.165) is 0 Å². The number of hydrogen-bond donors (Lipinski definition) is 0. The first-order valence-corrected chi connectivity index (χ1v) is 6.46. The Morgan fingerprint density at radius 3 is 0.824 bits per heavy atom. The van der Waals surface area contributed by atoms with E-state index >= 15 is 0 Å². The van der Waals surface area contributed by atoms with Crippen molar-refractivity contribution in [3.8, 4) is 0 Å². The fourth-order valence-corrected chi connectivity index (χ4v) is 2.73. The monoisotopic (exact) mass is 232 g/mol. The maximum Gasteiger partial charge on any atom is 0.0529 e. The SMILES string of the molecule is CC=C(C)C(C(C)=CC)(/C(C)=C/C)/C(C)=C/C. The fraction of sp³-hybridized carbons (Fsp3) is 0.529. The van der Waals surface area contributed by atoms with Crippen molar-refractivity contribution in [2.24, 2.45) is 5.41 Å². The summed E-state index contributed by atoms with van der Waals surface area (Å²) in [4.78, 5) is 0. The van der Waals surface area contributed by atoms with Gasteiger partial charge in [0.15, 0.2) is 0 Å². The van der Waals surface area contributed by atoms with E-state index in [1.807, 2.05) is 0 Å². The van der Waals surface area contributed by atoms with E-state index in [9.17, 15) is 0 Å². The van der Waals surface area contributed by atoms with Crippen LogP contribution in [0, 0.1) is 5.41 Å². The molecule has 0 N–H and O–H groups in total. The Kier molecular flexibility index (Phi) is 6.23. The second-order valence-electron chi connectivity index (χ2n) is 4.64. The second kappa shape index (κ2) is 6.64. The van der Waals surface area contributed by atoms with E-state index in [2.05, 4.69) is 79.7 Å². The van der Waals surface area contributed by atoms with Crippen molar-refractivity contribution >= 4 is 0 Å². The molecule has 0 saturated carbocycles. The van der Waals surface area contributed by atoms with Gasteiger partial charge in [-0.05, 0) is 55.4 Å². The summed E-state index contributed by atoms with van der Waals surface area (Å²) >= 11 is 0. The molecule has 0 aliphatic rings. The predicted molar refractivity (Wildman–Crippen MR) is 80.2 cm³/mol. The molecule has 0 aliphatic heterocycles. The van der Waals surface area contributed by atoms with Gasteiger partial charge in [-0.1, -0.05) is 46.6 Å². The molecular weight excluding hydrogens is 204 g/mol. The highest BCUT2D eigenvalue weighted by Gasteiger charge is 2.36. The molecule has 96 valence electrons. The van der Waals surface area contributed by atoms with E-state index in [-0.39, 0.29) is 5.41 Å². The third kappa shape index (κ3) is 2.62. The quantitative estimate of drug-likeness (QED) is 0.534. The first-order chi connectivity index (χ1) is 7.93. The van der Waals surface area contributed by atoms with Gasteiger partial charge in [-0.2, -0.15) is 0 Å². The Labute approximate surface area is 108 Å². The molecule has 0 aromatic heterocycles. The van der Waals surface area contributed by atoms with Crippen LogP contribution in [0.3, 0.4) is 0 Å². The second-order valence-corrected chi connectivity index (χ2v) is 4.64. The summed E-state index contributed by atoms with van der Waals surface area (Å²) in [5.74, 6) is 0. The highest BCUT2D eigenvalue weighted by atomic mass is 14.4. The van der Waals surface area contributed by atoms with Crippen LogP contribution in [0.2, 0.25) is 0 Å². The molecule has 0 radical (unpaired) electrons. The molecule has 0 heterocycles. The Morgan fingerprint density at radius 2 is 0.706 bits per heavy atom. The first-order valence-electron chi connectivity index (χ1n) is 6.46. The van der Waals surface area contributed by atoms with E-state index < -0.39 is 0 Å². The fourth-order valence-electron chi connectivity index (χ4n) is 2.73. The average molecular weight is 232 g/mol. The van der Waals surface area contributed by atoms with Gasteiger partial charge in [0.1, 0.15) is 0 Å². The van der Waals surface area contributed by atoms with Crippen LogP contribution in [0.1, 0.15) is 55.4 Å². The van der Waals surface area contributed by atoms with Crippen LogP contribution in [-0.2, 0) is 0 Å². The van der Waals surface area contributed by atoms with Crippen LogP contribution in [0.5, 0.6) is 0 Å². The summed E-state index contributed by atoms with van der Waals surface area (Å²) in [5, 5.41) is 0. The molecule has 17 heavy (non-hydrogen) atoms. The van der Waals surface area contributed by atoms with Crippen LogP contribution in [0.15, 0.2) is 46.6 Å². The molecule has 0 atom stereocenters. The molecule has 0 heteroatoms. The van der Waals surface area contributed by atoms with Crippen molar-refractivity contribution in [1.82, 2.24) is 0 Å². The smallest absolute Gasteiger partial charge is 0.0529 e. The predicted octanol–water partition coefficient (Wildman–Crippen LogP) is 5.84. The number of hydrogen-bond acceptors (Lipinski definition) is 0. The molecule has 0 fully saturated rings. The molecule has 0 nitrogen and oxygen atoms in total. The van der Waals surface area contributed by atoms with E-state index in [1.54, 1.807) is 0 Å². The van der Waals surface area contributed by atoms with Crippen LogP contribution < -0.4 is 0 Å². The molecular formula is C17H28. The van der Waals surface area contributed by atoms with Crippen molar-refractivity contribution in [3.63, 3.8) is 0 Å². The van der Waals surface area contributed by atoms with Crippen LogP contribution >= 0.6 is 0 Å². The van der Waals surface area contributed by atoms with Crippen molar-refractivity contribution in [2.45, 2.75) is 55.4 Å². The lowest BCUT2D eigenvalue weighted by molar-refractivity contribution is 0.600. The molecule has 0 aromatic rings. The van der Waals surface area contributed by atoms with Crippen molar-refractivity contribution in [3.05, 3.63) is 46.6 Å². The molecule has 0 aliphatic carbocycles. The molecule has 0 rings (SSSR count). The minimum Gasteiger partial charge on any atom is -0.0872 e. The van der Waals surface area contributed by atoms with E-state index in [4.69, 9.17) is 0 Å².